The maximum absolute atomic E-state index is 11.8. The minimum Gasteiger partial charge on any atom is -0.491 e. The molecule has 0 unspecified atom stereocenters. The van der Waals surface area contributed by atoms with E-state index in [0.29, 0.717) is 11.3 Å². The molecule has 0 atom stereocenters. The van der Waals surface area contributed by atoms with Gasteiger partial charge in [-0.25, -0.2) is 8.42 Å². The van der Waals surface area contributed by atoms with Crippen LogP contribution in [0.25, 0.3) is 0 Å². The van der Waals surface area contributed by atoms with E-state index in [1.165, 1.54) is 18.2 Å². The van der Waals surface area contributed by atoms with Gasteiger partial charge in [-0.3, -0.25) is 4.74 Å². The van der Waals surface area contributed by atoms with Crippen LogP contribution in [-0.4, -0.2) is 28.0 Å². The van der Waals surface area contributed by atoms with Gasteiger partial charge in [-0.2, -0.15) is 0 Å². The van der Waals surface area contributed by atoms with Crippen LogP contribution >= 0.6 is 10.7 Å². The van der Waals surface area contributed by atoms with Gasteiger partial charge in [-0.05, 0) is 29.7 Å². The molecule has 0 saturated heterocycles. The maximum atomic E-state index is 11.8. The molecule has 21 heavy (non-hydrogen) atoms. The lowest BCUT2D eigenvalue weighted by atomic mass is 10.0. The van der Waals surface area contributed by atoms with E-state index in [1.54, 1.807) is 13.8 Å². The lowest BCUT2D eigenvalue weighted by molar-refractivity contribution is -0.325. The number of hydrogen-bond donors (Lipinski definition) is 0. The van der Waals surface area contributed by atoms with Gasteiger partial charge in [-0.15, -0.1) is 13.2 Å². The lowest BCUT2D eigenvalue weighted by Crippen LogP contribution is -2.18. The highest BCUT2D eigenvalue weighted by molar-refractivity contribution is 8.13. The molecule has 0 radical (unpaired) electrons. The first-order valence-corrected chi connectivity index (χ1v) is 8.24. The van der Waals surface area contributed by atoms with Crippen LogP contribution < -0.4 is 4.74 Å². The highest BCUT2D eigenvalue weighted by Crippen LogP contribution is 2.30. The molecule has 0 aliphatic carbocycles. The van der Waals surface area contributed by atoms with Crippen molar-refractivity contribution in [2.45, 2.75) is 31.0 Å². The third kappa shape index (κ3) is 6.11. The van der Waals surface area contributed by atoms with Crippen molar-refractivity contribution in [2.24, 2.45) is 0 Å². The van der Waals surface area contributed by atoms with Gasteiger partial charge in [0.2, 0.25) is 0 Å². The molecule has 9 heteroatoms. The second-order valence-electron chi connectivity index (χ2n) is 4.43. The number of rotatable bonds is 6. The first-order valence-electron chi connectivity index (χ1n) is 5.93. The molecule has 1 aromatic carbocycles. The van der Waals surface area contributed by atoms with Gasteiger partial charge in [0.1, 0.15) is 12.4 Å². The van der Waals surface area contributed by atoms with Gasteiger partial charge in [0.25, 0.3) is 9.05 Å². The normalized spacial score (nSPS) is 12.7. The van der Waals surface area contributed by atoms with E-state index >= 15 is 0 Å². The Morgan fingerprint density at radius 2 is 1.86 bits per heavy atom. The van der Waals surface area contributed by atoms with Gasteiger partial charge in [0.15, 0.2) is 0 Å². The SMILES string of the molecule is CC(C)c1cc(S(=O)(=O)Cl)ccc1OCCOC(F)(F)F. The van der Waals surface area contributed by atoms with Crippen molar-refractivity contribution in [1.82, 2.24) is 0 Å². The number of hydrogen-bond acceptors (Lipinski definition) is 4. The van der Waals surface area contributed by atoms with E-state index in [4.69, 9.17) is 15.4 Å². The number of halogens is 4. The summed E-state index contributed by atoms with van der Waals surface area (Å²) in [4.78, 5) is -0.0910. The third-order valence-corrected chi connectivity index (χ3v) is 3.84. The Bertz CT molecular complexity index is 585. The van der Waals surface area contributed by atoms with E-state index in [1.807, 2.05) is 0 Å². The summed E-state index contributed by atoms with van der Waals surface area (Å²) in [6, 6.07) is 3.93. The van der Waals surface area contributed by atoms with Crippen molar-refractivity contribution in [1.29, 1.82) is 0 Å². The third-order valence-electron chi connectivity index (χ3n) is 2.49. The fourth-order valence-electron chi connectivity index (χ4n) is 1.57. The molecule has 0 N–H and O–H groups in total. The molecule has 0 aliphatic rings. The summed E-state index contributed by atoms with van der Waals surface area (Å²) in [5.74, 6) is 0.196. The lowest BCUT2D eigenvalue weighted by Gasteiger charge is -2.15. The zero-order chi connectivity index (χ0) is 16.3. The summed E-state index contributed by atoms with van der Waals surface area (Å²) in [7, 11) is 1.37. The first-order chi connectivity index (χ1) is 9.50. The zero-order valence-corrected chi connectivity index (χ0v) is 12.8. The minimum absolute atomic E-state index is 0.0910. The quantitative estimate of drug-likeness (QED) is 0.582. The number of benzene rings is 1. The van der Waals surface area contributed by atoms with Gasteiger partial charge < -0.3 is 4.74 Å². The van der Waals surface area contributed by atoms with Crippen molar-refractivity contribution in [3.8, 4) is 5.75 Å². The molecule has 1 rings (SSSR count). The molecule has 0 aliphatic heterocycles. The van der Waals surface area contributed by atoms with Crippen LogP contribution in [0.2, 0.25) is 0 Å². The molecule has 0 saturated carbocycles. The van der Waals surface area contributed by atoms with Crippen LogP contribution in [0.4, 0.5) is 13.2 Å². The van der Waals surface area contributed by atoms with Gasteiger partial charge >= 0.3 is 6.36 Å². The Morgan fingerprint density at radius 1 is 1.24 bits per heavy atom. The second kappa shape index (κ2) is 6.85. The Kier molecular flexibility index (Phi) is 5.89. The van der Waals surface area contributed by atoms with Crippen LogP contribution in [0, 0.1) is 0 Å². The molecular formula is C12H14ClF3O4S. The number of ether oxygens (including phenoxy) is 2. The summed E-state index contributed by atoms with van der Waals surface area (Å²) in [6.45, 7) is 2.61. The highest BCUT2D eigenvalue weighted by atomic mass is 35.7. The van der Waals surface area contributed by atoms with E-state index < -0.39 is 22.0 Å². The van der Waals surface area contributed by atoms with Crippen LogP contribution in [0.15, 0.2) is 23.1 Å². The molecule has 1 aromatic rings. The largest absolute Gasteiger partial charge is 0.522 e. The van der Waals surface area contributed by atoms with Crippen LogP contribution in [0.5, 0.6) is 5.75 Å². The van der Waals surface area contributed by atoms with Crippen molar-refractivity contribution in [3.63, 3.8) is 0 Å². The predicted molar refractivity (Wildman–Crippen MR) is 71.1 cm³/mol. The smallest absolute Gasteiger partial charge is 0.491 e. The predicted octanol–water partition coefficient (Wildman–Crippen LogP) is 3.65. The summed E-state index contributed by atoms with van der Waals surface area (Å²) in [5.41, 5.74) is 0.531. The molecule has 0 amide bonds. The van der Waals surface area contributed by atoms with E-state index in [-0.39, 0.29) is 17.4 Å². The summed E-state index contributed by atoms with van der Waals surface area (Å²) < 4.78 is 66.8. The van der Waals surface area contributed by atoms with Crippen molar-refractivity contribution < 1.29 is 31.1 Å². The molecule has 0 aromatic heterocycles. The molecule has 4 nitrogen and oxygen atoms in total. The Morgan fingerprint density at radius 3 is 2.33 bits per heavy atom. The molecule has 0 bridgehead atoms. The standard InChI is InChI=1S/C12H14ClF3O4S/c1-8(2)10-7-9(21(13,17)18)3-4-11(10)19-5-6-20-12(14,15)16/h3-4,7-8H,5-6H2,1-2H3. The Hall–Kier alpha value is -0.990. The number of alkyl halides is 3. The summed E-state index contributed by atoms with van der Waals surface area (Å²) in [5, 5.41) is 0. The van der Waals surface area contributed by atoms with Crippen LogP contribution in [0.3, 0.4) is 0 Å². The summed E-state index contributed by atoms with van der Waals surface area (Å²) >= 11 is 0. The van der Waals surface area contributed by atoms with E-state index in [2.05, 4.69) is 4.74 Å². The highest BCUT2D eigenvalue weighted by Gasteiger charge is 2.28. The first kappa shape index (κ1) is 18.1. The molecule has 120 valence electrons. The molecule has 0 heterocycles. The average molecular weight is 347 g/mol. The van der Waals surface area contributed by atoms with Gasteiger partial charge in [0.05, 0.1) is 11.5 Å². The molecular weight excluding hydrogens is 333 g/mol. The topological polar surface area (TPSA) is 52.6 Å². The molecule has 0 fully saturated rings. The summed E-state index contributed by atoms with van der Waals surface area (Å²) in [6.07, 6.45) is -4.71. The van der Waals surface area contributed by atoms with Gasteiger partial charge in [0, 0.05) is 10.7 Å². The maximum Gasteiger partial charge on any atom is 0.522 e. The fraction of sp³-hybridized carbons (Fsp3) is 0.500. The second-order valence-corrected chi connectivity index (χ2v) is 7.00. The average Bonchev–Trinajstić information content (AvgIpc) is 2.32. The zero-order valence-electron chi connectivity index (χ0n) is 11.3. The van der Waals surface area contributed by atoms with E-state index in [9.17, 15) is 21.6 Å². The Balaban J connectivity index is 2.83. The van der Waals surface area contributed by atoms with E-state index in [0.717, 1.165) is 0 Å². The van der Waals surface area contributed by atoms with Gasteiger partial charge in [-0.1, -0.05) is 13.8 Å². The van der Waals surface area contributed by atoms with Crippen molar-refractivity contribution in [3.05, 3.63) is 23.8 Å². The van der Waals surface area contributed by atoms with Crippen molar-refractivity contribution >= 4 is 19.7 Å². The van der Waals surface area contributed by atoms with Crippen LogP contribution in [-0.2, 0) is 13.8 Å². The minimum atomic E-state index is -4.71. The fourth-order valence-corrected chi connectivity index (χ4v) is 2.36. The van der Waals surface area contributed by atoms with Crippen molar-refractivity contribution in [2.75, 3.05) is 13.2 Å². The van der Waals surface area contributed by atoms with Crippen LogP contribution in [0.1, 0.15) is 25.3 Å². The Labute approximate surface area is 125 Å². The monoisotopic (exact) mass is 346 g/mol. The molecule has 0 spiro atoms.